The minimum absolute atomic E-state index is 0.0985. The number of benzene rings is 2. The van der Waals surface area contributed by atoms with Crippen LogP contribution < -0.4 is 20.1 Å². The molecule has 2 aromatic carbocycles. The third kappa shape index (κ3) is 4.46. The van der Waals surface area contributed by atoms with Crippen molar-refractivity contribution in [2.45, 2.75) is 17.4 Å². The van der Waals surface area contributed by atoms with Crippen molar-refractivity contribution >= 4 is 21.6 Å². The second-order valence-electron chi connectivity index (χ2n) is 6.25. The Morgan fingerprint density at radius 1 is 1.21 bits per heavy atom. The Balaban J connectivity index is 1.88. The molecule has 2 aromatic rings. The highest BCUT2D eigenvalue weighted by molar-refractivity contribution is 7.89. The molecule has 0 spiro atoms. The zero-order valence-corrected chi connectivity index (χ0v) is 15.8. The maximum atomic E-state index is 13.8. The van der Waals surface area contributed by atoms with E-state index < -0.39 is 27.6 Å². The first-order valence-corrected chi connectivity index (χ1v) is 9.96. The summed E-state index contributed by atoms with van der Waals surface area (Å²) in [6.45, 7) is 1.24. The number of hydrogen-bond acceptors (Lipinski definition) is 5. The Hall–Kier alpha value is -2.56. The second kappa shape index (κ2) is 8.21. The first kappa shape index (κ1) is 20.2. The fraction of sp³-hybridized carbons (Fsp3) is 0.278. The van der Waals surface area contributed by atoms with Crippen LogP contribution in [0.5, 0.6) is 5.75 Å². The summed E-state index contributed by atoms with van der Waals surface area (Å²) in [4.78, 5) is 12.5. The maximum Gasteiger partial charge on any atom is 0.259 e. The van der Waals surface area contributed by atoms with Gasteiger partial charge in [-0.1, -0.05) is 0 Å². The SMILES string of the molecule is COc1ccc(S(=O)(=O)NC2CCNC2)cc1C(=O)Nc1ccc(F)cc1F. The van der Waals surface area contributed by atoms with E-state index in [2.05, 4.69) is 15.4 Å². The van der Waals surface area contributed by atoms with Crippen LogP contribution in [0.15, 0.2) is 41.3 Å². The number of nitrogens with one attached hydrogen (secondary N) is 3. The lowest BCUT2D eigenvalue weighted by atomic mass is 10.1. The molecule has 150 valence electrons. The van der Waals surface area contributed by atoms with E-state index in [1.807, 2.05) is 0 Å². The Labute approximate surface area is 161 Å². The molecule has 1 fully saturated rings. The lowest BCUT2D eigenvalue weighted by Crippen LogP contribution is -2.36. The molecule has 0 aliphatic carbocycles. The number of methoxy groups -OCH3 is 1. The van der Waals surface area contributed by atoms with Crippen LogP contribution in [0, 0.1) is 11.6 Å². The van der Waals surface area contributed by atoms with Crippen LogP contribution in [0.4, 0.5) is 14.5 Å². The van der Waals surface area contributed by atoms with Crippen molar-refractivity contribution in [1.29, 1.82) is 0 Å². The van der Waals surface area contributed by atoms with Gasteiger partial charge < -0.3 is 15.4 Å². The van der Waals surface area contributed by atoms with Crippen molar-refractivity contribution in [3.8, 4) is 5.75 Å². The average molecular weight is 411 g/mol. The molecular formula is C18H19F2N3O4S. The van der Waals surface area contributed by atoms with Crippen LogP contribution in [0.25, 0.3) is 0 Å². The van der Waals surface area contributed by atoms with Gasteiger partial charge in [0.2, 0.25) is 10.0 Å². The first-order chi connectivity index (χ1) is 13.3. The number of ether oxygens (including phenoxy) is 1. The fourth-order valence-corrected chi connectivity index (χ4v) is 4.15. The summed E-state index contributed by atoms with van der Waals surface area (Å²) in [5, 5.41) is 5.35. The normalized spacial score (nSPS) is 16.8. The van der Waals surface area contributed by atoms with E-state index in [0.29, 0.717) is 25.6 Å². The molecule has 28 heavy (non-hydrogen) atoms. The summed E-state index contributed by atoms with van der Waals surface area (Å²) >= 11 is 0. The number of carbonyl (C=O) groups is 1. The maximum absolute atomic E-state index is 13.8. The van der Waals surface area contributed by atoms with Crippen LogP contribution >= 0.6 is 0 Å². The van der Waals surface area contributed by atoms with Crippen molar-refractivity contribution in [1.82, 2.24) is 10.0 Å². The number of hydrogen-bond donors (Lipinski definition) is 3. The molecule has 0 radical (unpaired) electrons. The molecule has 3 rings (SSSR count). The van der Waals surface area contributed by atoms with Crippen molar-refractivity contribution in [3.05, 3.63) is 53.6 Å². The molecule has 1 unspecified atom stereocenters. The highest BCUT2D eigenvalue weighted by Gasteiger charge is 2.25. The summed E-state index contributed by atoms with van der Waals surface area (Å²) in [7, 11) is -2.54. The fourth-order valence-electron chi connectivity index (χ4n) is 2.85. The minimum Gasteiger partial charge on any atom is -0.496 e. The Morgan fingerprint density at radius 3 is 2.64 bits per heavy atom. The van der Waals surface area contributed by atoms with Crippen LogP contribution in [-0.2, 0) is 10.0 Å². The van der Waals surface area contributed by atoms with Gasteiger partial charge in [0.25, 0.3) is 5.91 Å². The largest absolute Gasteiger partial charge is 0.496 e. The highest BCUT2D eigenvalue weighted by Crippen LogP contribution is 2.25. The smallest absolute Gasteiger partial charge is 0.259 e. The van der Waals surface area contributed by atoms with Crippen LogP contribution in [0.2, 0.25) is 0 Å². The summed E-state index contributed by atoms with van der Waals surface area (Å²) < 4.78 is 59.7. The van der Waals surface area contributed by atoms with Gasteiger partial charge >= 0.3 is 0 Å². The quantitative estimate of drug-likeness (QED) is 0.674. The van der Waals surface area contributed by atoms with E-state index in [4.69, 9.17) is 4.74 Å². The van der Waals surface area contributed by atoms with Gasteiger partial charge in [-0.25, -0.2) is 21.9 Å². The van der Waals surface area contributed by atoms with Crippen molar-refractivity contribution < 1.29 is 26.7 Å². The molecule has 0 bridgehead atoms. The van der Waals surface area contributed by atoms with E-state index in [1.165, 1.54) is 19.2 Å². The van der Waals surface area contributed by atoms with Gasteiger partial charge in [0.1, 0.15) is 17.4 Å². The predicted molar refractivity (Wildman–Crippen MR) is 98.9 cm³/mol. The zero-order chi connectivity index (χ0) is 20.3. The molecule has 10 heteroatoms. The van der Waals surface area contributed by atoms with Crippen molar-refractivity contribution in [2.24, 2.45) is 0 Å². The van der Waals surface area contributed by atoms with E-state index in [0.717, 1.165) is 18.2 Å². The molecule has 1 heterocycles. The standard InChI is InChI=1S/C18H19F2N3O4S/c1-27-17-5-3-13(28(25,26)23-12-6-7-21-10-12)9-14(17)18(24)22-16-4-2-11(19)8-15(16)20/h2-5,8-9,12,21,23H,6-7,10H2,1H3,(H,22,24). The molecule has 7 nitrogen and oxygen atoms in total. The number of carbonyl (C=O) groups excluding carboxylic acids is 1. The lowest BCUT2D eigenvalue weighted by molar-refractivity contribution is 0.102. The summed E-state index contributed by atoms with van der Waals surface area (Å²) in [6, 6.07) is 6.28. The van der Waals surface area contributed by atoms with Crippen LogP contribution in [-0.4, -0.2) is 40.6 Å². The summed E-state index contributed by atoms with van der Waals surface area (Å²) in [5.74, 6) is -2.41. The Morgan fingerprint density at radius 2 is 2.00 bits per heavy atom. The second-order valence-corrected chi connectivity index (χ2v) is 7.97. The van der Waals surface area contributed by atoms with E-state index in [9.17, 15) is 22.0 Å². The molecule has 3 N–H and O–H groups in total. The third-order valence-corrected chi connectivity index (χ3v) is 5.81. The number of halogens is 2. The third-order valence-electron chi connectivity index (χ3n) is 4.29. The average Bonchev–Trinajstić information content (AvgIpc) is 3.15. The van der Waals surface area contributed by atoms with Crippen LogP contribution in [0.1, 0.15) is 16.8 Å². The Bertz CT molecular complexity index is 992. The molecule has 1 aliphatic rings. The number of rotatable bonds is 6. The van der Waals surface area contributed by atoms with E-state index in [-0.39, 0.29) is 27.9 Å². The molecular weight excluding hydrogens is 392 g/mol. The Kier molecular flexibility index (Phi) is 5.92. The number of anilines is 1. The van der Waals surface area contributed by atoms with Crippen molar-refractivity contribution in [2.75, 3.05) is 25.5 Å². The summed E-state index contributed by atoms with van der Waals surface area (Å²) in [6.07, 6.45) is 0.659. The molecule has 1 saturated heterocycles. The molecule has 1 amide bonds. The van der Waals surface area contributed by atoms with Gasteiger partial charge in [-0.2, -0.15) is 0 Å². The zero-order valence-electron chi connectivity index (χ0n) is 15.0. The molecule has 0 aromatic heterocycles. The van der Waals surface area contributed by atoms with Crippen LogP contribution in [0.3, 0.4) is 0 Å². The lowest BCUT2D eigenvalue weighted by Gasteiger charge is -2.15. The first-order valence-electron chi connectivity index (χ1n) is 8.47. The van der Waals surface area contributed by atoms with Crippen molar-refractivity contribution in [3.63, 3.8) is 0 Å². The van der Waals surface area contributed by atoms with E-state index >= 15 is 0 Å². The highest BCUT2D eigenvalue weighted by atomic mass is 32.2. The van der Waals surface area contributed by atoms with Gasteiger partial charge in [0, 0.05) is 18.7 Å². The molecule has 1 atom stereocenters. The van der Waals surface area contributed by atoms with Gasteiger partial charge in [0.05, 0.1) is 23.3 Å². The minimum atomic E-state index is -3.86. The van der Waals surface area contributed by atoms with E-state index in [1.54, 1.807) is 0 Å². The van der Waals surface area contributed by atoms with Gasteiger partial charge in [0.15, 0.2) is 0 Å². The molecule has 0 saturated carbocycles. The van der Waals surface area contributed by atoms with Gasteiger partial charge in [-0.05, 0) is 43.3 Å². The monoisotopic (exact) mass is 411 g/mol. The predicted octanol–water partition coefficient (Wildman–Crippen LogP) is 1.87. The van der Waals surface area contributed by atoms with Gasteiger partial charge in [-0.3, -0.25) is 4.79 Å². The number of amides is 1. The summed E-state index contributed by atoms with van der Waals surface area (Å²) in [5.41, 5.74) is -0.337. The number of sulfonamides is 1. The molecule has 1 aliphatic heterocycles. The topological polar surface area (TPSA) is 96.5 Å². The van der Waals surface area contributed by atoms with Gasteiger partial charge in [-0.15, -0.1) is 0 Å².